The first-order valence-electron chi connectivity index (χ1n) is 7.50. The zero-order valence-corrected chi connectivity index (χ0v) is 12.5. The van der Waals surface area contributed by atoms with Crippen molar-refractivity contribution in [2.75, 3.05) is 30.3 Å². The number of hydrogen-bond acceptors (Lipinski definition) is 3. The summed E-state index contributed by atoms with van der Waals surface area (Å²) in [5.74, 6) is 0. The number of nitrogens with two attached hydrogens (primary N) is 1. The van der Waals surface area contributed by atoms with E-state index in [2.05, 4.69) is 42.7 Å². The second-order valence-corrected chi connectivity index (χ2v) is 5.56. The van der Waals surface area contributed by atoms with Gasteiger partial charge in [-0.1, -0.05) is 6.42 Å². The van der Waals surface area contributed by atoms with Gasteiger partial charge in [-0.15, -0.1) is 0 Å². The van der Waals surface area contributed by atoms with Crippen molar-refractivity contribution in [2.24, 2.45) is 0 Å². The topological polar surface area (TPSA) is 32.5 Å². The normalized spacial score (nSPS) is 18.3. The van der Waals surface area contributed by atoms with Gasteiger partial charge in [0.1, 0.15) is 0 Å². The predicted octanol–water partition coefficient (Wildman–Crippen LogP) is 3.24. The molecule has 0 bridgehead atoms. The lowest BCUT2D eigenvalue weighted by molar-refractivity contribution is 0.170. The van der Waals surface area contributed by atoms with E-state index in [4.69, 9.17) is 5.73 Å². The van der Waals surface area contributed by atoms with E-state index in [0.29, 0.717) is 6.17 Å². The van der Waals surface area contributed by atoms with Crippen molar-refractivity contribution in [1.29, 1.82) is 0 Å². The lowest BCUT2D eigenvalue weighted by Crippen LogP contribution is -2.48. The molecule has 1 fully saturated rings. The summed E-state index contributed by atoms with van der Waals surface area (Å²) in [6, 6.07) is 6.38. The number of likely N-dealkylation sites (tertiary alicyclic amines) is 1. The Balaban J connectivity index is 2.15. The van der Waals surface area contributed by atoms with Crippen molar-refractivity contribution in [1.82, 2.24) is 4.90 Å². The molecule has 0 saturated carbocycles. The summed E-state index contributed by atoms with van der Waals surface area (Å²) in [7, 11) is 0. The monoisotopic (exact) mass is 261 g/mol. The standard InChI is InChI=1S/C16H27N3/c1-4-19(14(3)18-10-6-5-7-11-18)15-8-9-16(17)13(2)12-15/h8-9,12,14H,4-7,10-11,17H2,1-3H3. The molecule has 106 valence electrons. The Bertz CT molecular complexity index is 410. The number of aryl methyl sites for hydroxylation is 1. The van der Waals surface area contributed by atoms with Gasteiger partial charge in [-0.05, 0) is 57.4 Å². The van der Waals surface area contributed by atoms with Crippen LogP contribution >= 0.6 is 0 Å². The minimum absolute atomic E-state index is 0.466. The van der Waals surface area contributed by atoms with E-state index in [1.165, 1.54) is 43.6 Å². The highest BCUT2D eigenvalue weighted by Crippen LogP contribution is 2.24. The Hall–Kier alpha value is -1.22. The van der Waals surface area contributed by atoms with E-state index in [0.717, 1.165) is 12.2 Å². The van der Waals surface area contributed by atoms with Crippen LogP contribution in [-0.2, 0) is 0 Å². The molecule has 0 aliphatic carbocycles. The summed E-state index contributed by atoms with van der Waals surface area (Å²) in [4.78, 5) is 5.07. The number of piperidine rings is 1. The van der Waals surface area contributed by atoms with E-state index in [1.54, 1.807) is 0 Å². The molecule has 0 spiro atoms. The Morgan fingerprint density at radius 1 is 1.26 bits per heavy atom. The molecular formula is C16H27N3. The number of nitrogens with zero attached hydrogens (tertiary/aromatic N) is 2. The smallest absolute Gasteiger partial charge is 0.0792 e. The number of rotatable bonds is 4. The second kappa shape index (κ2) is 6.29. The number of benzene rings is 1. The van der Waals surface area contributed by atoms with Gasteiger partial charge in [-0.2, -0.15) is 0 Å². The maximum Gasteiger partial charge on any atom is 0.0792 e. The molecule has 0 radical (unpaired) electrons. The summed E-state index contributed by atoms with van der Waals surface area (Å²) >= 11 is 0. The molecule has 19 heavy (non-hydrogen) atoms. The van der Waals surface area contributed by atoms with Crippen LogP contribution in [0.25, 0.3) is 0 Å². The highest BCUT2D eigenvalue weighted by molar-refractivity contribution is 5.58. The molecule has 1 heterocycles. The maximum atomic E-state index is 5.92. The lowest BCUT2D eigenvalue weighted by Gasteiger charge is -2.40. The van der Waals surface area contributed by atoms with Crippen LogP contribution in [0.1, 0.15) is 38.7 Å². The number of nitrogen functional groups attached to an aromatic ring is 1. The maximum absolute atomic E-state index is 5.92. The third-order valence-corrected chi connectivity index (χ3v) is 4.30. The van der Waals surface area contributed by atoms with E-state index >= 15 is 0 Å². The molecule has 1 saturated heterocycles. The third-order valence-electron chi connectivity index (χ3n) is 4.30. The quantitative estimate of drug-likeness (QED) is 0.845. The molecule has 0 amide bonds. The molecule has 2 rings (SSSR count). The molecular weight excluding hydrogens is 234 g/mol. The van der Waals surface area contributed by atoms with Gasteiger partial charge in [0.05, 0.1) is 6.17 Å². The SMILES string of the molecule is CCN(c1ccc(N)c(C)c1)C(C)N1CCCCC1. The fourth-order valence-corrected chi connectivity index (χ4v) is 2.99. The first kappa shape index (κ1) is 14.2. The van der Waals surface area contributed by atoms with Crippen molar-refractivity contribution in [3.05, 3.63) is 23.8 Å². The molecule has 2 N–H and O–H groups in total. The zero-order chi connectivity index (χ0) is 13.8. The summed E-state index contributed by atoms with van der Waals surface area (Å²) in [5.41, 5.74) is 9.25. The lowest BCUT2D eigenvalue weighted by atomic mass is 10.1. The molecule has 1 aliphatic rings. The van der Waals surface area contributed by atoms with Crippen molar-refractivity contribution in [3.63, 3.8) is 0 Å². The van der Waals surface area contributed by atoms with Gasteiger partial charge in [0.2, 0.25) is 0 Å². The number of anilines is 2. The fourth-order valence-electron chi connectivity index (χ4n) is 2.99. The second-order valence-electron chi connectivity index (χ2n) is 5.56. The average Bonchev–Trinajstić information content (AvgIpc) is 2.44. The molecule has 0 aromatic heterocycles. The van der Waals surface area contributed by atoms with Crippen LogP contribution in [0.4, 0.5) is 11.4 Å². The van der Waals surface area contributed by atoms with Gasteiger partial charge < -0.3 is 10.6 Å². The van der Waals surface area contributed by atoms with Gasteiger partial charge in [0.25, 0.3) is 0 Å². The Morgan fingerprint density at radius 2 is 1.95 bits per heavy atom. The molecule has 1 aromatic rings. The van der Waals surface area contributed by atoms with Crippen molar-refractivity contribution < 1.29 is 0 Å². The molecule has 1 atom stereocenters. The summed E-state index contributed by atoms with van der Waals surface area (Å²) in [5, 5.41) is 0. The average molecular weight is 261 g/mol. The van der Waals surface area contributed by atoms with Gasteiger partial charge in [0.15, 0.2) is 0 Å². The fraction of sp³-hybridized carbons (Fsp3) is 0.625. The van der Waals surface area contributed by atoms with Crippen molar-refractivity contribution in [3.8, 4) is 0 Å². The minimum Gasteiger partial charge on any atom is -0.399 e. The van der Waals surface area contributed by atoms with Gasteiger partial charge in [-0.25, -0.2) is 0 Å². The third kappa shape index (κ3) is 3.21. The van der Waals surface area contributed by atoms with Crippen LogP contribution < -0.4 is 10.6 Å². The molecule has 1 aromatic carbocycles. The van der Waals surface area contributed by atoms with E-state index in [1.807, 2.05) is 6.07 Å². The number of hydrogen-bond donors (Lipinski definition) is 1. The minimum atomic E-state index is 0.466. The van der Waals surface area contributed by atoms with E-state index < -0.39 is 0 Å². The van der Waals surface area contributed by atoms with Crippen LogP contribution in [0.5, 0.6) is 0 Å². The molecule has 1 unspecified atom stereocenters. The molecule has 3 heteroatoms. The van der Waals surface area contributed by atoms with Gasteiger partial charge in [0, 0.05) is 31.0 Å². The Labute approximate surface area is 117 Å². The van der Waals surface area contributed by atoms with E-state index in [-0.39, 0.29) is 0 Å². The van der Waals surface area contributed by atoms with Crippen LogP contribution in [-0.4, -0.2) is 30.7 Å². The van der Waals surface area contributed by atoms with Gasteiger partial charge >= 0.3 is 0 Å². The first-order chi connectivity index (χ1) is 9.13. The first-order valence-corrected chi connectivity index (χ1v) is 7.50. The predicted molar refractivity (Wildman–Crippen MR) is 83.5 cm³/mol. The molecule has 1 aliphatic heterocycles. The largest absolute Gasteiger partial charge is 0.399 e. The van der Waals surface area contributed by atoms with E-state index in [9.17, 15) is 0 Å². The van der Waals surface area contributed by atoms with Crippen molar-refractivity contribution in [2.45, 2.75) is 46.2 Å². The summed E-state index contributed by atoms with van der Waals surface area (Å²) in [6.45, 7) is 10.1. The van der Waals surface area contributed by atoms with Crippen LogP contribution in [0, 0.1) is 6.92 Å². The van der Waals surface area contributed by atoms with Crippen LogP contribution in [0.3, 0.4) is 0 Å². The Morgan fingerprint density at radius 3 is 2.53 bits per heavy atom. The van der Waals surface area contributed by atoms with Gasteiger partial charge in [-0.3, -0.25) is 4.90 Å². The highest BCUT2D eigenvalue weighted by atomic mass is 15.3. The van der Waals surface area contributed by atoms with Crippen LogP contribution in [0.2, 0.25) is 0 Å². The highest BCUT2D eigenvalue weighted by Gasteiger charge is 2.22. The van der Waals surface area contributed by atoms with Crippen LogP contribution in [0.15, 0.2) is 18.2 Å². The van der Waals surface area contributed by atoms with Crippen molar-refractivity contribution >= 4 is 11.4 Å². The zero-order valence-electron chi connectivity index (χ0n) is 12.5. The Kier molecular flexibility index (Phi) is 4.70. The molecule has 3 nitrogen and oxygen atoms in total. The summed E-state index contributed by atoms with van der Waals surface area (Å²) in [6.07, 6.45) is 4.52. The summed E-state index contributed by atoms with van der Waals surface area (Å²) < 4.78 is 0.